The van der Waals surface area contributed by atoms with Gasteiger partial charge in [-0.2, -0.15) is 0 Å². The fraction of sp³-hybridized carbons (Fsp3) is 1.00. The fourth-order valence-corrected chi connectivity index (χ4v) is 2.37. The van der Waals surface area contributed by atoms with Crippen LogP contribution >= 0.6 is 0 Å². The Balaban J connectivity index is 3.78. The Hall–Kier alpha value is 0. The van der Waals surface area contributed by atoms with E-state index < -0.39 is 0 Å². The summed E-state index contributed by atoms with van der Waals surface area (Å²) >= 11 is 0. The van der Waals surface area contributed by atoms with Gasteiger partial charge in [0.05, 0.1) is 0 Å². The molecule has 0 spiro atoms. The van der Waals surface area contributed by atoms with Crippen molar-refractivity contribution in [1.29, 1.82) is 0 Å². The molecule has 0 aliphatic heterocycles. The highest BCUT2D eigenvalue weighted by molar-refractivity contribution is 4.73. The quantitative estimate of drug-likeness (QED) is 0.451. The first-order chi connectivity index (χ1) is 7.24. The van der Waals surface area contributed by atoms with Gasteiger partial charge in [0.2, 0.25) is 0 Å². The van der Waals surface area contributed by atoms with Gasteiger partial charge in [-0.3, -0.25) is 0 Å². The zero-order chi connectivity index (χ0) is 12.8. The van der Waals surface area contributed by atoms with Crippen molar-refractivity contribution in [3.05, 3.63) is 0 Å². The molecule has 0 rings (SSSR count). The Kier molecular flexibility index (Phi) is 7.35. The average Bonchev–Trinajstić information content (AvgIpc) is 2.11. The number of unbranched alkanes of at least 4 members (excludes halogenated alkanes) is 1. The molecule has 0 saturated heterocycles. The third-order valence-electron chi connectivity index (χ3n) is 3.90. The monoisotopic (exact) mass is 226 g/mol. The van der Waals surface area contributed by atoms with E-state index >= 15 is 0 Å². The summed E-state index contributed by atoms with van der Waals surface area (Å²) in [4.78, 5) is 0. The van der Waals surface area contributed by atoms with E-state index in [0.29, 0.717) is 5.41 Å². The molecule has 0 aliphatic carbocycles. The topological polar surface area (TPSA) is 0 Å². The summed E-state index contributed by atoms with van der Waals surface area (Å²) in [5.41, 5.74) is 0.542. The summed E-state index contributed by atoms with van der Waals surface area (Å²) in [5, 5.41) is 0. The van der Waals surface area contributed by atoms with E-state index in [0.717, 1.165) is 17.8 Å². The molecule has 0 aromatic rings. The lowest BCUT2D eigenvalue weighted by Crippen LogP contribution is -2.18. The molecule has 0 nitrogen and oxygen atoms in total. The van der Waals surface area contributed by atoms with E-state index in [4.69, 9.17) is 0 Å². The Morgan fingerprint density at radius 2 is 1.44 bits per heavy atom. The van der Waals surface area contributed by atoms with Crippen molar-refractivity contribution in [2.75, 3.05) is 0 Å². The van der Waals surface area contributed by atoms with E-state index in [1.807, 2.05) is 0 Å². The van der Waals surface area contributed by atoms with E-state index in [1.165, 1.54) is 32.1 Å². The minimum Gasteiger partial charge on any atom is -0.0628 e. The summed E-state index contributed by atoms with van der Waals surface area (Å²) in [6.07, 6.45) is 7.01. The van der Waals surface area contributed by atoms with Crippen LogP contribution < -0.4 is 0 Å². The summed E-state index contributed by atoms with van der Waals surface area (Å²) in [7, 11) is 0. The fourth-order valence-electron chi connectivity index (χ4n) is 2.37. The predicted octanol–water partition coefficient (Wildman–Crippen LogP) is 5.91. The number of hydrogen-bond donors (Lipinski definition) is 0. The Morgan fingerprint density at radius 3 is 1.88 bits per heavy atom. The highest BCUT2D eigenvalue weighted by atomic mass is 14.3. The van der Waals surface area contributed by atoms with Gasteiger partial charge in [0.15, 0.2) is 0 Å². The normalized spacial score (nSPS) is 14.8. The van der Waals surface area contributed by atoms with Crippen molar-refractivity contribution < 1.29 is 0 Å². The van der Waals surface area contributed by atoms with Gasteiger partial charge in [-0.05, 0) is 36.0 Å². The molecule has 0 aliphatic rings. The van der Waals surface area contributed by atoms with Crippen LogP contribution in [0.3, 0.4) is 0 Å². The van der Waals surface area contributed by atoms with Crippen molar-refractivity contribution in [2.24, 2.45) is 23.2 Å². The lowest BCUT2D eigenvalue weighted by molar-refractivity contribution is 0.216. The summed E-state index contributed by atoms with van der Waals surface area (Å²) in [5.74, 6) is 2.56. The van der Waals surface area contributed by atoms with Gasteiger partial charge in [0.1, 0.15) is 0 Å². The highest BCUT2D eigenvalue weighted by Gasteiger charge is 2.22. The SMILES string of the molecule is CC(C)CCCCC(C)(C)CC(C)C(C)C. The van der Waals surface area contributed by atoms with Crippen molar-refractivity contribution in [2.45, 2.75) is 80.6 Å². The second-order valence-corrected chi connectivity index (χ2v) is 7.23. The van der Waals surface area contributed by atoms with Crippen molar-refractivity contribution in [3.8, 4) is 0 Å². The van der Waals surface area contributed by atoms with Crippen molar-refractivity contribution in [3.63, 3.8) is 0 Å². The molecule has 0 heterocycles. The third-order valence-corrected chi connectivity index (χ3v) is 3.90. The molecule has 0 bridgehead atoms. The predicted molar refractivity (Wildman–Crippen MR) is 75.7 cm³/mol. The first kappa shape index (κ1) is 16.0. The molecule has 1 atom stereocenters. The molecule has 0 N–H and O–H groups in total. The third kappa shape index (κ3) is 8.19. The van der Waals surface area contributed by atoms with E-state index in [1.54, 1.807) is 0 Å². The van der Waals surface area contributed by atoms with Gasteiger partial charge >= 0.3 is 0 Å². The molecule has 0 heteroatoms. The Labute approximate surface area is 104 Å². The largest absolute Gasteiger partial charge is 0.0628 e. The second-order valence-electron chi connectivity index (χ2n) is 7.23. The Morgan fingerprint density at radius 1 is 0.875 bits per heavy atom. The minimum absolute atomic E-state index is 0.542. The first-order valence-electron chi connectivity index (χ1n) is 7.24. The van der Waals surface area contributed by atoms with Gasteiger partial charge in [0.25, 0.3) is 0 Å². The molecule has 0 fully saturated rings. The molecular weight excluding hydrogens is 192 g/mol. The lowest BCUT2D eigenvalue weighted by atomic mass is 9.76. The summed E-state index contributed by atoms with van der Waals surface area (Å²) in [6, 6.07) is 0. The van der Waals surface area contributed by atoms with Crippen LogP contribution in [0.15, 0.2) is 0 Å². The van der Waals surface area contributed by atoms with Crippen LogP contribution in [0.1, 0.15) is 80.6 Å². The van der Waals surface area contributed by atoms with Gasteiger partial charge in [0, 0.05) is 0 Å². The highest BCUT2D eigenvalue weighted by Crippen LogP contribution is 2.34. The number of hydrogen-bond acceptors (Lipinski definition) is 0. The molecule has 0 radical (unpaired) electrons. The zero-order valence-corrected chi connectivity index (χ0v) is 12.8. The smallest absolute Gasteiger partial charge is 0.0352 e. The van der Waals surface area contributed by atoms with Crippen LogP contribution in [-0.2, 0) is 0 Å². The van der Waals surface area contributed by atoms with E-state index in [2.05, 4.69) is 48.5 Å². The maximum atomic E-state index is 2.45. The summed E-state index contributed by atoms with van der Waals surface area (Å²) < 4.78 is 0. The van der Waals surface area contributed by atoms with Crippen LogP contribution in [0.2, 0.25) is 0 Å². The van der Waals surface area contributed by atoms with Crippen LogP contribution in [0, 0.1) is 23.2 Å². The molecule has 0 saturated carbocycles. The van der Waals surface area contributed by atoms with Crippen LogP contribution in [-0.4, -0.2) is 0 Å². The van der Waals surface area contributed by atoms with Gasteiger partial charge in [-0.15, -0.1) is 0 Å². The zero-order valence-electron chi connectivity index (χ0n) is 12.8. The molecule has 0 aromatic heterocycles. The maximum Gasteiger partial charge on any atom is -0.0352 e. The van der Waals surface area contributed by atoms with Crippen LogP contribution in [0.5, 0.6) is 0 Å². The van der Waals surface area contributed by atoms with Crippen molar-refractivity contribution in [1.82, 2.24) is 0 Å². The van der Waals surface area contributed by atoms with E-state index in [9.17, 15) is 0 Å². The standard InChI is InChI=1S/C16H34/c1-13(2)10-8-9-11-16(6,7)12-15(5)14(3)4/h13-15H,8-12H2,1-7H3. The first-order valence-corrected chi connectivity index (χ1v) is 7.24. The van der Waals surface area contributed by atoms with Gasteiger partial charge < -0.3 is 0 Å². The molecule has 1 unspecified atom stereocenters. The maximum absolute atomic E-state index is 2.45. The van der Waals surface area contributed by atoms with Gasteiger partial charge in [-0.25, -0.2) is 0 Å². The average molecular weight is 226 g/mol. The molecule has 0 amide bonds. The number of rotatable bonds is 8. The molecule has 0 aromatic carbocycles. The van der Waals surface area contributed by atoms with Crippen LogP contribution in [0.4, 0.5) is 0 Å². The van der Waals surface area contributed by atoms with Crippen LogP contribution in [0.25, 0.3) is 0 Å². The van der Waals surface area contributed by atoms with E-state index in [-0.39, 0.29) is 0 Å². The molecule has 98 valence electrons. The summed E-state index contributed by atoms with van der Waals surface area (Å²) in [6.45, 7) is 16.6. The lowest BCUT2D eigenvalue weighted by Gasteiger charge is -2.30. The minimum atomic E-state index is 0.542. The molecular formula is C16H34. The molecule has 16 heavy (non-hydrogen) atoms. The van der Waals surface area contributed by atoms with Crippen molar-refractivity contribution >= 4 is 0 Å². The second kappa shape index (κ2) is 7.35. The Bertz CT molecular complexity index is 165. The van der Waals surface area contributed by atoms with Gasteiger partial charge in [-0.1, -0.05) is 67.7 Å².